The molecule has 8 heteroatoms. The SMILES string of the molecule is COc1ccccc1-n1ccn(CC(=O)NCc2ccccc2Cl)c(=O)c1=O. The number of carbonyl (C=O) groups is 1. The van der Waals surface area contributed by atoms with Gasteiger partial charge >= 0.3 is 11.1 Å². The van der Waals surface area contributed by atoms with Crippen molar-refractivity contribution in [3.8, 4) is 11.4 Å². The number of para-hydroxylation sites is 2. The molecule has 0 spiro atoms. The maximum Gasteiger partial charge on any atom is 0.321 e. The highest BCUT2D eigenvalue weighted by atomic mass is 35.5. The van der Waals surface area contributed by atoms with Gasteiger partial charge in [0, 0.05) is 24.0 Å². The van der Waals surface area contributed by atoms with E-state index in [0.717, 1.165) is 10.1 Å². The fourth-order valence-corrected chi connectivity index (χ4v) is 2.90. The standard InChI is InChI=1S/C20H18ClN3O4/c1-28-17-9-5-4-8-16(17)24-11-10-23(19(26)20(24)27)13-18(25)22-12-14-6-2-3-7-15(14)21/h2-11H,12-13H2,1H3,(H,22,25). The maximum atomic E-state index is 12.5. The molecule has 1 aromatic heterocycles. The molecular weight excluding hydrogens is 382 g/mol. The van der Waals surface area contributed by atoms with Crippen molar-refractivity contribution in [2.75, 3.05) is 7.11 Å². The zero-order valence-electron chi connectivity index (χ0n) is 15.1. The molecule has 0 aliphatic heterocycles. The van der Waals surface area contributed by atoms with Gasteiger partial charge < -0.3 is 10.1 Å². The van der Waals surface area contributed by atoms with Crippen LogP contribution < -0.4 is 21.2 Å². The third-order valence-corrected chi connectivity index (χ3v) is 4.52. The number of carbonyl (C=O) groups excluding carboxylic acids is 1. The van der Waals surface area contributed by atoms with Crippen molar-refractivity contribution in [1.29, 1.82) is 0 Å². The summed E-state index contributed by atoms with van der Waals surface area (Å²) in [6, 6.07) is 14.0. The van der Waals surface area contributed by atoms with E-state index in [9.17, 15) is 14.4 Å². The third-order valence-electron chi connectivity index (χ3n) is 4.15. The van der Waals surface area contributed by atoms with Crippen molar-refractivity contribution >= 4 is 17.5 Å². The second-order valence-corrected chi connectivity index (χ2v) is 6.35. The number of aromatic nitrogens is 2. The van der Waals surface area contributed by atoms with E-state index in [1.54, 1.807) is 42.5 Å². The maximum absolute atomic E-state index is 12.5. The minimum Gasteiger partial charge on any atom is -0.495 e. The number of hydrogen-bond acceptors (Lipinski definition) is 4. The van der Waals surface area contributed by atoms with E-state index in [4.69, 9.17) is 16.3 Å². The monoisotopic (exact) mass is 399 g/mol. The summed E-state index contributed by atoms with van der Waals surface area (Å²) < 4.78 is 7.49. The fourth-order valence-electron chi connectivity index (χ4n) is 2.70. The Hall–Kier alpha value is -3.32. The van der Waals surface area contributed by atoms with E-state index in [1.807, 2.05) is 6.07 Å². The molecule has 0 atom stereocenters. The predicted molar refractivity (Wildman–Crippen MR) is 106 cm³/mol. The summed E-state index contributed by atoms with van der Waals surface area (Å²) in [6.07, 6.45) is 2.83. The summed E-state index contributed by atoms with van der Waals surface area (Å²) in [5.74, 6) is 0.0516. The number of amides is 1. The van der Waals surface area contributed by atoms with Crippen LogP contribution in [0.4, 0.5) is 0 Å². The predicted octanol–water partition coefficient (Wildman–Crippen LogP) is 1.98. The van der Waals surface area contributed by atoms with Crippen molar-refractivity contribution in [2.24, 2.45) is 0 Å². The van der Waals surface area contributed by atoms with Crippen LogP contribution in [-0.4, -0.2) is 22.2 Å². The molecule has 0 radical (unpaired) electrons. The Bertz CT molecular complexity index is 1120. The smallest absolute Gasteiger partial charge is 0.321 e. The van der Waals surface area contributed by atoms with Crippen LogP contribution >= 0.6 is 11.6 Å². The Morgan fingerprint density at radius 1 is 1.04 bits per heavy atom. The topological polar surface area (TPSA) is 82.3 Å². The van der Waals surface area contributed by atoms with Crippen molar-refractivity contribution in [1.82, 2.24) is 14.5 Å². The van der Waals surface area contributed by atoms with Crippen LogP contribution in [0.25, 0.3) is 5.69 Å². The molecule has 0 aliphatic carbocycles. The largest absolute Gasteiger partial charge is 0.495 e. The van der Waals surface area contributed by atoms with E-state index in [1.165, 1.54) is 24.1 Å². The molecule has 1 heterocycles. The summed E-state index contributed by atoms with van der Waals surface area (Å²) in [7, 11) is 1.48. The average Bonchev–Trinajstić information content (AvgIpc) is 2.71. The summed E-state index contributed by atoms with van der Waals surface area (Å²) in [5, 5.41) is 3.23. The van der Waals surface area contributed by atoms with Crippen LogP contribution in [0.2, 0.25) is 5.02 Å². The Morgan fingerprint density at radius 2 is 1.75 bits per heavy atom. The number of nitrogens with zero attached hydrogens (tertiary/aromatic N) is 2. The minimum atomic E-state index is -0.804. The molecule has 0 bridgehead atoms. The van der Waals surface area contributed by atoms with Crippen LogP contribution in [0.5, 0.6) is 5.75 Å². The fraction of sp³-hybridized carbons (Fsp3) is 0.150. The van der Waals surface area contributed by atoms with Crippen molar-refractivity contribution < 1.29 is 9.53 Å². The molecular formula is C20H18ClN3O4. The van der Waals surface area contributed by atoms with Crippen LogP contribution in [0.3, 0.4) is 0 Å². The van der Waals surface area contributed by atoms with Gasteiger partial charge in [-0.1, -0.05) is 41.9 Å². The lowest BCUT2D eigenvalue weighted by molar-refractivity contribution is -0.121. The molecule has 3 rings (SSSR count). The number of benzene rings is 2. The number of hydrogen-bond donors (Lipinski definition) is 1. The first-order chi connectivity index (χ1) is 13.5. The summed E-state index contributed by atoms with van der Waals surface area (Å²) in [5.41, 5.74) is -0.369. The first-order valence-corrected chi connectivity index (χ1v) is 8.84. The van der Waals surface area contributed by atoms with Gasteiger partial charge in [-0.25, -0.2) is 0 Å². The van der Waals surface area contributed by atoms with Crippen LogP contribution in [0.1, 0.15) is 5.56 Å². The normalized spacial score (nSPS) is 10.5. The van der Waals surface area contributed by atoms with Gasteiger partial charge in [-0.2, -0.15) is 0 Å². The van der Waals surface area contributed by atoms with Gasteiger partial charge in [-0.05, 0) is 23.8 Å². The molecule has 0 saturated heterocycles. The number of halogens is 1. The van der Waals surface area contributed by atoms with Gasteiger partial charge in [-0.3, -0.25) is 23.5 Å². The van der Waals surface area contributed by atoms with Crippen LogP contribution in [-0.2, 0) is 17.9 Å². The zero-order valence-corrected chi connectivity index (χ0v) is 15.8. The zero-order chi connectivity index (χ0) is 20.1. The highest BCUT2D eigenvalue weighted by Gasteiger charge is 2.12. The first-order valence-electron chi connectivity index (χ1n) is 8.47. The Morgan fingerprint density at radius 3 is 2.50 bits per heavy atom. The molecule has 1 N–H and O–H groups in total. The molecule has 0 aliphatic rings. The lowest BCUT2D eigenvalue weighted by Crippen LogP contribution is -2.42. The first kappa shape index (κ1) is 19.4. The molecule has 7 nitrogen and oxygen atoms in total. The third kappa shape index (κ3) is 4.15. The number of ether oxygens (including phenoxy) is 1. The molecule has 0 fully saturated rings. The molecule has 2 aromatic carbocycles. The van der Waals surface area contributed by atoms with Gasteiger partial charge in [-0.15, -0.1) is 0 Å². The highest BCUT2D eigenvalue weighted by Crippen LogP contribution is 2.19. The molecule has 0 unspecified atom stereocenters. The van der Waals surface area contributed by atoms with E-state index in [-0.39, 0.29) is 13.1 Å². The summed E-state index contributed by atoms with van der Waals surface area (Å²) in [6.45, 7) is -0.0448. The quantitative estimate of drug-likeness (QED) is 0.642. The molecule has 3 aromatic rings. The van der Waals surface area contributed by atoms with Crippen molar-refractivity contribution in [3.63, 3.8) is 0 Å². The highest BCUT2D eigenvalue weighted by molar-refractivity contribution is 6.31. The molecule has 144 valence electrons. The van der Waals surface area contributed by atoms with Crippen LogP contribution in [0.15, 0.2) is 70.5 Å². The number of rotatable bonds is 6. The number of nitrogens with one attached hydrogen (secondary N) is 1. The average molecular weight is 400 g/mol. The van der Waals surface area contributed by atoms with Crippen molar-refractivity contribution in [3.05, 3.63) is 92.2 Å². The Kier molecular flexibility index (Phi) is 5.96. The number of methoxy groups -OCH3 is 1. The van der Waals surface area contributed by atoms with Gasteiger partial charge in [0.05, 0.1) is 12.8 Å². The van der Waals surface area contributed by atoms with Crippen LogP contribution in [0, 0.1) is 0 Å². The molecule has 1 amide bonds. The van der Waals surface area contributed by atoms with E-state index >= 15 is 0 Å². The second kappa shape index (κ2) is 8.58. The van der Waals surface area contributed by atoms with Gasteiger partial charge in [0.15, 0.2) is 0 Å². The van der Waals surface area contributed by atoms with Gasteiger partial charge in [0.25, 0.3) is 0 Å². The lowest BCUT2D eigenvalue weighted by atomic mass is 10.2. The van der Waals surface area contributed by atoms with E-state index in [0.29, 0.717) is 16.5 Å². The van der Waals surface area contributed by atoms with Gasteiger partial charge in [0.2, 0.25) is 5.91 Å². The van der Waals surface area contributed by atoms with Crippen molar-refractivity contribution in [2.45, 2.75) is 13.1 Å². The minimum absolute atomic E-state index is 0.228. The Labute approximate surface area is 165 Å². The van der Waals surface area contributed by atoms with E-state index in [2.05, 4.69) is 5.32 Å². The Balaban J connectivity index is 1.78. The molecule has 0 saturated carbocycles. The summed E-state index contributed by atoms with van der Waals surface area (Å²) >= 11 is 6.05. The van der Waals surface area contributed by atoms with Gasteiger partial charge in [0.1, 0.15) is 12.3 Å². The second-order valence-electron chi connectivity index (χ2n) is 5.95. The molecule has 28 heavy (non-hydrogen) atoms. The van der Waals surface area contributed by atoms with E-state index < -0.39 is 17.0 Å². The summed E-state index contributed by atoms with van der Waals surface area (Å²) in [4.78, 5) is 37.1. The lowest BCUT2D eigenvalue weighted by Gasteiger charge is -2.12.